The lowest BCUT2D eigenvalue weighted by Gasteiger charge is -2.31. The van der Waals surface area contributed by atoms with Crippen molar-refractivity contribution in [3.63, 3.8) is 0 Å². The number of hydrogen-bond donors (Lipinski definition) is 1. The molecule has 7 heteroatoms. The van der Waals surface area contributed by atoms with Crippen molar-refractivity contribution in [2.45, 2.75) is 31.7 Å². The lowest BCUT2D eigenvalue weighted by atomic mass is 10.00. The van der Waals surface area contributed by atoms with E-state index in [1.807, 2.05) is 40.0 Å². The van der Waals surface area contributed by atoms with Crippen molar-refractivity contribution < 1.29 is 13.2 Å². The van der Waals surface area contributed by atoms with Gasteiger partial charge in [-0.15, -0.1) is 0 Å². The Morgan fingerprint density at radius 3 is 2.38 bits per heavy atom. The Labute approximate surface area is 173 Å². The highest BCUT2D eigenvalue weighted by molar-refractivity contribution is 7.89. The molecule has 1 aliphatic heterocycles. The summed E-state index contributed by atoms with van der Waals surface area (Å²) < 4.78 is 27.4. The predicted octanol–water partition coefficient (Wildman–Crippen LogP) is 2.73. The zero-order chi connectivity index (χ0) is 21.2. The number of likely N-dealkylation sites (N-methyl/N-ethyl adjacent to an activating group) is 1. The standard InChI is InChI=1S/C22H29N3O3S/c1-16-8-9-21(17(2)14-16)18(3)23-22(26)19-6-5-7-20(15-19)29(27,28)25-12-10-24(4)11-13-25/h5-9,14-15,18H,10-13H2,1-4H3,(H,23,26). The number of sulfonamides is 1. The molecule has 1 atom stereocenters. The number of carbonyl (C=O) groups excluding carboxylic acids is 1. The molecule has 0 saturated carbocycles. The number of aryl methyl sites for hydroxylation is 2. The van der Waals surface area contributed by atoms with Gasteiger partial charge in [0.25, 0.3) is 5.91 Å². The summed E-state index contributed by atoms with van der Waals surface area (Å²) in [7, 11) is -1.63. The van der Waals surface area contributed by atoms with Gasteiger partial charge in [0, 0.05) is 31.7 Å². The van der Waals surface area contributed by atoms with Crippen LogP contribution in [0.3, 0.4) is 0 Å². The summed E-state index contributed by atoms with van der Waals surface area (Å²) in [6.07, 6.45) is 0. The lowest BCUT2D eigenvalue weighted by molar-refractivity contribution is 0.0939. The normalized spacial score (nSPS) is 17.1. The molecule has 6 nitrogen and oxygen atoms in total. The summed E-state index contributed by atoms with van der Waals surface area (Å²) in [4.78, 5) is 15.0. The van der Waals surface area contributed by atoms with Gasteiger partial charge in [-0.3, -0.25) is 4.79 Å². The van der Waals surface area contributed by atoms with Gasteiger partial charge in [-0.2, -0.15) is 4.31 Å². The summed E-state index contributed by atoms with van der Waals surface area (Å²) >= 11 is 0. The average Bonchev–Trinajstić information content (AvgIpc) is 2.68. The van der Waals surface area contributed by atoms with Crippen molar-refractivity contribution in [3.8, 4) is 0 Å². The van der Waals surface area contributed by atoms with E-state index in [2.05, 4.69) is 16.3 Å². The van der Waals surface area contributed by atoms with E-state index in [4.69, 9.17) is 0 Å². The van der Waals surface area contributed by atoms with Crippen LogP contribution in [0, 0.1) is 13.8 Å². The van der Waals surface area contributed by atoms with E-state index in [9.17, 15) is 13.2 Å². The molecule has 29 heavy (non-hydrogen) atoms. The Bertz CT molecular complexity index is 996. The smallest absolute Gasteiger partial charge is 0.251 e. The van der Waals surface area contributed by atoms with Crippen LogP contribution < -0.4 is 5.32 Å². The number of amides is 1. The van der Waals surface area contributed by atoms with Crippen molar-refractivity contribution in [3.05, 3.63) is 64.7 Å². The molecule has 1 heterocycles. The first-order valence-corrected chi connectivity index (χ1v) is 11.3. The molecule has 0 aliphatic carbocycles. The van der Waals surface area contributed by atoms with Crippen LogP contribution in [0.4, 0.5) is 0 Å². The molecular weight excluding hydrogens is 386 g/mol. The first kappa shape index (κ1) is 21.5. The molecule has 1 saturated heterocycles. The van der Waals surface area contributed by atoms with Crippen LogP contribution in [-0.4, -0.2) is 56.8 Å². The molecule has 1 fully saturated rings. The minimum absolute atomic E-state index is 0.161. The minimum atomic E-state index is -3.61. The number of carbonyl (C=O) groups is 1. The van der Waals surface area contributed by atoms with E-state index in [0.29, 0.717) is 31.7 Å². The highest BCUT2D eigenvalue weighted by atomic mass is 32.2. The SMILES string of the molecule is Cc1ccc(C(C)NC(=O)c2cccc(S(=O)(=O)N3CCN(C)CC3)c2)c(C)c1. The Balaban J connectivity index is 1.77. The summed E-state index contributed by atoms with van der Waals surface area (Å²) in [5, 5.41) is 2.98. The summed E-state index contributed by atoms with van der Waals surface area (Å²) in [5.74, 6) is -0.284. The van der Waals surface area contributed by atoms with Crippen LogP contribution in [0.15, 0.2) is 47.4 Å². The highest BCUT2D eigenvalue weighted by Crippen LogP contribution is 2.21. The van der Waals surface area contributed by atoms with Gasteiger partial charge in [-0.25, -0.2) is 8.42 Å². The highest BCUT2D eigenvalue weighted by Gasteiger charge is 2.28. The molecule has 3 rings (SSSR count). The quantitative estimate of drug-likeness (QED) is 0.815. The van der Waals surface area contributed by atoms with E-state index in [1.54, 1.807) is 18.2 Å². The number of nitrogens with zero attached hydrogens (tertiary/aromatic N) is 2. The van der Waals surface area contributed by atoms with Crippen LogP contribution in [0.5, 0.6) is 0 Å². The molecule has 0 bridgehead atoms. The molecule has 2 aromatic carbocycles. The molecule has 1 N–H and O–H groups in total. The van der Waals surface area contributed by atoms with Crippen LogP contribution >= 0.6 is 0 Å². The first-order valence-electron chi connectivity index (χ1n) is 9.85. The molecule has 0 aromatic heterocycles. The number of benzene rings is 2. The van der Waals surface area contributed by atoms with Crippen molar-refractivity contribution in [2.24, 2.45) is 0 Å². The van der Waals surface area contributed by atoms with E-state index in [0.717, 1.165) is 11.1 Å². The predicted molar refractivity (Wildman–Crippen MR) is 114 cm³/mol. The van der Waals surface area contributed by atoms with E-state index < -0.39 is 10.0 Å². The molecule has 0 spiro atoms. The number of piperazine rings is 1. The lowest BCUT2D eigenvalue weighted by Crippen LogP contribution is -2.47. The maximum atomic E-state index is 13.0. The van der Waals surface area contributed by atoms with Crippen molar-refractivity contribution in [2.75, 3.05) is 33.2 Å². The van der Waals surface area contributed by atoms with Crippen LogP contribution in [-0.2, 0) is 10.0 Å². The van der Waals surface area contributed by atoms with Crippen LogP contribution in [0.25, 0.3) is 0 Å². The van der Waals surface area contributed by atoms with Crippen molar-refractivity contribution in [1.82, 2.24) is 14.5 Å². The fraction of sp³-hybridized carbons (Fsp3) is 0.409. The Morgan fingerprint density at radius 2 is 1.72 bits per heavy atom. The maximum absolute atomic E-state index is 13.0. The Morgan fingerprint density at radius 1 is 1.03 bits per heavy atom. The molecule has 2 aromatic rings. The van der Waals surface area contributed by atoms with Gasteiger partial charge in [-0.1, -0.05) is 29.8 Å². The van der Waals surface area contributed by atoms with E-state index >= 15 is 0 Å². The molecule has 156 valence electrons. The second-order valence-corrected chi connectivity index (χ2v) is 9.73. The largest absolute Gasteiger partial charge is 0.346 e. The molecule has 1 amide bonds. The van der Waals surface area contributed by atoms with Gasteiger partial charge in [0.2, 0.25) is 10.0 Å². The average molecular weight is 416 g/mol. The molecule has 0 radical (unpaired) electrons. The van der Waals surface area contributed by atoms with Crippen LogP contribution in [0.2, 0.25) is 0 Å². The molecular formula is C22H29N3O3S. The topological polar surface area (TPSA) is 69.7 Å². The van der Waals surface area contributed by atoms with Gasteiger partial charge < -0.3 is 10.2 Å². The zero-order valence-electron chi connectivity index (χ0n) is 17.5. The second-order valence-electron chi connectivity index (χ2n) is 7.79. The van der Waals surface area contributed by atoms with Crippen LogP contribution in [0.1, 0.15) is 40.0 Å². The fourth-order valence-electron chi connectivity index (χ4n) is 3.64. The van der Waals surface area contributed by atoms with Crippen molar-refractivity contribution in [1.29, 1.82) is 0 Å². The third kappa shape index (κ3) is 4.86. The van der Waals surface area contributed by atoms with Gasteiger partial charge >= 0.3 is 0 Å². The Hall–Kier alpha value is -2.22. The number of hydrogen-bond acceptors (Lipinski definition) is 4. The van der Waals surface area contributed by atoms with Gasteiger partial charge in [-0.05, 0) is 57.1 Å². The molecule has 1 unspecified atom stereocenters. The fourth-order valence-corrected chi connectivity index (χ4v) is 5.11. The summed E-state index contributed by atoms with van der Waals surface area (Å²) in [6, 6.07) is 12.2. The second kappa shape index (κ2) is 8.65. The van der Waals surface area contributed by atoms with E-state index in [-0.39, 0.29) is 16.8 Å². The zero-order valence-corrected chi connectivity index (χ0v) is 18.3. The third-order valence-corrected chi connectivity index (χ3v) is 7.33. The number of rotatable bonds is 5. The maximum Gasteiger partial charge on any atom is 0.251 e. The van der Waals surface area contributed by atoms with Gasteiger partial charge in [0.1, 0.15) is 0 Å². The Kier molecular flexibility index (Phi) is 6.41. The summed E-state index contributed by atoms with van der Waals surface area (Å²) in [6.45, 7) is 8.30. The monoisotopic (exact) mass is 415 g/mol. The van der Waals surface area contributed by atoms with Crippen molar-refractivity contribution >= 4 is 15.9 Å². The summed E-state index contributed by atoms with van der Waals surface area (Å²) in [5.41, 5.74) is 3.68. The third-order valence-electron chi connectivity index (χ3n) is 5.44. The van der Waals surface area contributed by atoms with Gasteiger partial charge in [0.05, 0.1) is 10.9 Å². The number of nitrogens with one attached hydrogen (secondary N) is 1. The first-order chi connectivity index (χ1) is 13.7. The molecule has 1 aliphatic rings. The van der Waals surface area contributed by atoms with Gasteiger partial charge in [0.15, 0.2) is 0 Å². The minimum Gasteiger partial charge on any atom is -0.346 e. The van der Waals surface area contributed by atoms with E-state index in [1.165, 1.54) is 15.9 Å².